The molecule has 3 aromatic carbocycles. The lowest BCUT2D eigenvalue weighted by molar-refractivity contribution is -0.136. The van der Waals surface area contributed by atoms with Crippen LogP contribution in [0.15, 0.2) is 82.4 Å². The highest BCUT2D eigenvalue weighted by Crippen LogP contribution is 2.26. The summed E-state index contributed by atoms with van der Waals surface area (Å²) in [5, 5.41) is 15.1. The van der Waals surface area contributed by atoms with E-state index in [9.17, 15) is 14.4 Å². The number of anilines is 1. The minimum absolute atomic E-state index is 0.166. The average Bonchev–Trinajstić information content (AvgIpc) is 3.34. The number of halogens is 2. The number of amides is 2. The van der Waals surface area contributed by atoms with Crippen molar-refractivity contribution in [2.75, 3.05) is 5.32 Å². The van der Waals surface area contributed by atoms with Gasteiger partial charge in [-0.3, -0.25) is 14.9 Å². The van der Waals surface area contributed by atoms with Crippen LogP contribution in [0.5, 0.6) is 5.75 Å². The van der Waals surface area contributed by atoms with Gasteiger partial charge in [0.25, 0.3) is 0 Å². The summed E-state index contributed by atoms with van der Waals surface area (Å²) in [6.07, 6.45) is 1.24. The Labute approximate surface area is 222 Å². The number of carbonyl (C=O) groups is 3. The van der Waals surface area contributed by atoms with E-state index < -0.39 is 17.8 Å². The van der Waals surface area contributed by atoms with Crippen LogP contribution in [0.4, 0.5) is 5.13 Å². The number of esters is 1. The summed E-state index contributed by atoms with van der Waals surface area (Å²) >= 11 is 10.5. The van der Waals surface area contributed by atoms with Gasteiger partial charge >= 0.3 is 17.8 Å². The summed E-state index contributed by atoms with van der Waals surface area (Å²) in [7, 11) is 0. The summed E-state index contributed by atoms with van der Waals surface area (Å²) in [4.78, 5) is 36.9. The van der Waals surface area contributed by atoms with Gasteiger partial charge in [0.1, 0.15) is 10.8 Å². The quantitative estimate of drug-likeness (QED) is 0.109. The summed E-state index contributed by atoms with van der Waals surface area (Å²) in [6, 6.07) is 20.6. The minimum atomic E-state index is -1.02. The van der Waals surface area contributed by atoms with Crippen molar-refractivity contribution >= 4 is 68.0 Å². The SMILES string of the molecule is O=C(N/N=C\c1cc(Br)ccc1OC(=O)c1ccccc1Cl)C(=O)Nc1nnc(-c2ccccc2)s1. The molecule has 4 rings (SSSR count). The maximum Gasteiger partial charge on any atom is 0.345 e. The van der Waals surface area contributed by atoms with Gasteiger partial charge in [-0.25, -0.2) is 10.2 Å². The van der Waals surface area contributed by atoms with Crippen LogP contribution in [0.1, 0.15) is 15.9 Å². The first-order valence-electron chi connectivity index (χ1n) is 10.2. The average molecular weight is 585 g/mol. The Balaban J connectivity index is 1.39. The fraction of sp³-hybridized carbons (Fsp3) is 0. The van der Waals surface area contributed by atoms with Crippen LogP contribution in [0.25, 0.3) is 10.6 Å². The summed E-state index contributed by atoms with van der Waals surface area (Å²) in [6.45, 7) is 0. The molecule has 2 amide bonds. The van der Waals surface area contributed by atoms with Crippen LogP contribution in [-0.2, 0) is 9.59 Å². The van der Waals surface area contributed by atoms with Gasteiger partial charge in [0.05, 0.1) is 16.8 Å². The predicted octanol–water partition coefficient (Wildman–Crippen LogP) is 4.93. The molecule has 0 aliphatic carbocycles. The van der Waals surface area contributed by atoms with E-state index >= 15 is 0 Å². The van der Waals surface area contributed by atoms with Crippen LogP contribution < -0.4 is 15.5 Å². The smallest absolute Gasteiger partial charge is 0.345 e. The first-order valence-corrected chi connectivity index (χ1v) is 12.2. The zero-order valence-corrected chi connectivity index (χ0v) is 21.3. The van der Waals surface area contributed by atoms with E-state index in [4.69, 9.17) is 16.3 Å². The molecule has 180 valence electrons. The van der Waals surface area contributed by atoms with Crippen molar-refractivity contribution in [3.05, 3.63) is 93.4 Å². The summed E-state index contributed by atoms with van der Waals surface area (Å²) in [5.41, 5.74) is 3.53. The van der Waals surface area contributed by atoms with Crippen LogP contribution in [0.3, 0.4) is 0 Å². The third-order valence-electron chi connectivity index (χ3n) is 4.51. The predicted molar refractivity (Wildman–Crippen MR) is 140 cm³/mol. The fourth-order valence-electron chi connectivity index (χ4n) is 2.83. The van der Waals surface area contributed by atoms with Gasteiger partial charge in [-0.1, -0.05) is 81.3 Å². The highest BCUT2D eigenvalue weighted by Gasteiger charge is 2.17. The Morgan fingerprint density at radius 1 is 0.972 bits per heavy atom. The Bertz CT molecular complexity index is 1460. The Morgan fingerprint density at radius 2 is 1.72 bits per heavy atom. The number of carbonyl (C=O) groups excluding carboxylic acids is 3. The van der Waals surface area contributed by atoms with E-state index in [1.54, 1.807) is 36.4 Å². The Hall–Kier alpha value is -3.93. The lowest BCUT2D eigenvalue weighted by Crippen LogP contribution is -2.32. The van der Waals surface area contributed by atoms with Gasteiger partial charge in [-0.05, 0) is 30.3 Å². The highest BCUT2D eigenvalue weighted by molar-refractivity contribution is 9.10. The molecule has 9 nitrogen and oxygen atoms in total. The molecule has 12 heteroatoms. The fourth-order valence-corrected chi connectivity index (χ4v) is 4.17. The summed E-state index contributed by atoms with van der Waals surface area (Å²) in [5.74, 6) is -2.48. The van der Waals surface area contributed by atoms with Crippen molar-refractivity contribution in [1.82, 2.24) is 15.6 Å². The molecule has 0 saturated heterocycles. The third kappa shape index (κ3) is 6.39. The van der Waals surface area contributed by atoms with E-state index in [1.807, 2.05) is 30.3 Å². The first-order chi connectivity index (χ1) is 17.4. The topological polar surface area (TPSA) is 123 Å². The second-order valence-corrected chi connectivity index (χ2v) is 9.28. The highest BCUT2D eigenvalue weighted by atomic mass is 79.9. The lowest BCUT2D eigenvalue weighted by Gasteiger charge is -2.09. The minimum Gasteiger partial charge on any atom is -0.422 e. The largest absolute Gasteiger partial charge is 0.422 e. The molecule has 0 unspecified atom stereocenters. The zero-order valence-electron chi connectivity index (χ0n) is 18.1. The zero-order chi connectivity index (χ0) is 25.5. The molecule has 0 bridgehead atoms. The number of hydrazone groups is 1. The molecular formula is C24H15BrClN5O4S. The molecule has 1 heterocycles. The molecule has 1 aromatic heterocycles. The second kappa shape index (κ2) is 11.7. The molecule has 36 heavy (non-hydrogen) atoms. The number of nitrogens with zero attached hydrogens (tertiary/aromatic N) is 3. The Morgan fingerprint density at radius 3 is 2.50 bits per heavy atom. The number of nitrogens with one attached hydrogen (secondary N) is 2. The number of ether oxygens (including phenoxy) is 1. The monoisotopic (exact) mass is 583 g/mol. The van der Waals surface area contributed by atoms with Crippen molar-refractivity contribution in [2.24, 2.45) is 5.10 Å². The maximum absolute atomic E-state index is 12.5. The van der Waals surface area contributed by atoms with Crippen LogP contribution in [0, 0.1) is 0 Å². The van der Waals surface area contributed by atoms with Gasteiger partial charge in [-0.15, -0.1) is 10.2 Å². The van der Waals surface area contributed by atoms with Crippen LogP contribution in [0.2, 0.25) is 5.02 Å². The first kappa shape index (κ1) is 25.2. The third-order valence-corrected chi connectivity index (χ3v) is 6.22. The maximum atomic E-state index is 12.5. The molecule has 0 fully saturated rings. The van der Waals surface area contributed by atoms with E-state index in [-0.39, 0.29) is 21.5 Å². The standard InChI is InChI=1S/C24H15BrClN5O4S/c25-16-10-11-19(35-23(34)17-8-4-5-9-18(17)26)15(12-16)13-27-29-21(33)20(32)28-24-31-30-22(36-24)14-6-2-1-3-7-14/h1-13H,(H,29,33)(H,28,31,32)/b27-13-. The van der Waals surface area contributed by atoms with E-state index in [1.165, 1.54) is 12.3 Å². The van der Waals surface area contributed by atoms with Gasteiger partial charge < -0.3 is 4.74 Å². The van der Waals surface area contributed by atoms with Crippen molar-refractivity contribution in [3.63, 3.8) is 0 Å². The van der Waals surface area contributed by atoms with Gasteiger partial charge in [-0.2, -0.15) is 5.10 Å². The molecule has 4 aromatic rings. The molecule has 0 aliphatic rings. The van der Waals surface area contributed by atoms with E-state index in [0.29, 0.717) is 15.0 Å². The van der Waals surface area contributed by atoms with Crippen molar-refractivity contribution in [3.8, 4) is 16.3 Å². The van der Waals surface area contributed by atoms with Crippen LogP contribution in [-0.4, -0.2) is 34.2 Å². The van der Waals surface area contributed by atoms with E-state index in [0.717, 1.165) is 16.9 Å². The second-order valence-electron chi connectivity index (χ2n) is 6.98. The number of hydrogen-bond acceptors (Lipinski definition) is 8. The van der Waals surface area contributed by atoms with Crippen molar-refractivity contribution < 1.29 is 19.1 Å². The lowest BCUT2D eigenvalue weighted by atomic mass is 10.2. The van der Waals surface area contributed by atoms with E-state index in [2.05, 4.69) is 42.0 Å². The number of hydrogen-bond donors (Lipinski definition) is 2. The molecule has 0 radical (unpaired) electrons. The normalized spacial score (nSPS) is 10.7. The van der Waals surface area contributed by atoms with Crippen molar-refractivity contribution in [2.45, 2.75) is 0 Å². The molecule has 0 aliphatic heterocycles. The van der Waals surface area contributed by atoms with Crippen LogP contribution >= 0.6 is 38.9 Å². The molecule has 2 N–H and O–H groups in total. The van der Waals surface area contributed by atoms with Gasteiger partial charge in [0.15, 0.2) is 0 Å². The molecule has 0 saturated carbocycles. The van der Waals surface area contributed by atoms with Crippen molar-refractivity contribution in [1.29, 1.82) is 0 Å². The summed E-state index contributed by atoms with van der Waals surface area (Å²) < 4.78 is 6.13. The number of benzene rings is 3. The van der Waals surface area contributed by atoms with Gasteiger partial charge in [0, 0.05) is 15.6 Å². The number of rotatable bonds is 6. The molecular weight excluding hydrogens is 570 g/mol. The van der Waals surface area contributed by atoms with Gasteiger partial charge in [0.2, 0.25) is 5.13 Å². The molecule has 0 atom stereocenters. The molecule has 0 spiro atoms. The Kier molecular flexibility index (Phi) is 8.16. The number of aromatic nitrogens is 2.